The summed E-state index contributed by atoms with van der Waals surface area (Å²) in [6.45, 7) is 1.76. The fourth-order valence-corrected chi connectivity index (χ4v) is 3.07. The Hall–Kier alpha value is -4.26. The lowest BCUT2D eigenvalue weighted by Gasteiger charge is -2.10. The normalized spacial score (nSPS) is 10.8. The van der Waals surface area contributed by atoms with Gasteiger partial charge in [-0.3, -0.25) is 0 Å². The summed E-state index contributed by atoms with van der Waals surface area (Å²) in [7, 11) is 0. The number of anilines is 2. The van der Waals surface area contributed by atoms with Crippen molar-refractivity contribution in [2.75, 3.05) is 5.32 Å². The first-order valence-corrected chi connectivity index (χ1v) is 9.40. The smallest absolute Gasteiger partial charge is 0.247 e. The number of nitrogens with one attached hydrogen (secondary N) is 1. The molecule has 2 aromatic heterocycles. The largest absolute Gasteiger partial charge is 0.457 e. The standard InChI is InChI=1S/C23H17N5O2/c1-15-27-28-23(29-15)16-7-12-21-20(13-16)22(25-14-24-21)26-17-8-10-19(11-9-17)30-18-5-3-2-4-6-18/h2-14H,1H3,(H,24,25,26). The Bertz CT molecular complexity index is 1300. The second-order valence-corrected chi connectivity index (χ2v) is 6.64. The van der Waals surface area contributed by atoms with Gasteiger partial charge in [0.25, 0.3) is 0 Å². The highest BCUT2D eigenvalue weighted by Gasteiger charge is 2.10. The van der Waals surface area contributed by atoms with E-state index in [2.05, 4.69) is 25.5 Å². The van der Waals surface area contributed by atoms with Gasteiger partial charge in [0.05, 0.1) is 5.52 Å². The van der Waals surface area contributed by atoms with E-state index >= 15 is 0 Å². The van der Waals surface area contributed by atoms with E-state index in [-0.39, 0.29) is 0 Å². The van der Waals surface area contributed by atoms with E-state index in [9.17, 15) is 0 Å². The Kier molecular flexibility index (Phi) is 4.53. The Morgan fingerprint density at radius 2 is 1.63 bits per heavy atom. The fraction of sp³-hybridized carbons (Fsp3) is 0.0435. The topological polar surface area (TPSA) is 86.0 Å². The van der Waals surface area contributed by atoms with Gasteiger partial charge in [-0.1, -0.05) is 18.2 Å². The van der Waals surface area contributed by atoms with Gasteiger partial charge < -0.3 is 14.5 Å². The van der Waals surface area contributed by atoms with E-state index in [1.807, 2.05) is 72.8 Å². The van der Waals surface area contributed by atoms with E-state index in [0.717, 1.165) is 33.7 Å². The van der Waals surface area contributed by atoms with Gasteiger partial charge in [0.2, 0.25) is 11.8 Å². The zero-order chi connectivity index (χ0) is 20.3. The molecule has 30 heavy (non-hydrogen) atoms. The Balaban J connectivity index is 1.42. The zero-order valence-corrected chi connectivity index (χ0v) is 16.1. The first-order chi connectivity index (χ1) is 14.7. The van der Waals surface area contributed by atoms with E-state index in [4.69, 9.17) is 9.15 Å². The minimum absolute atomic E-state index is 0.464. The first-order valence-electron chi connectivity index (χ1n) is 9.40. The van der Waals surface area contributed by atoms with E-state index < -0.39 is 0 Å². The molecule has 0 unspecified atom stereocenters. The Labute approximate surface area is 172 Å². The average Bonchev–Trinajstić information content (AvgIpc) is 3.22. The number of hydrogen-bond donors (Lipinski definition) is 1. The summed E-state index contributed by atoms with van der Waals surface area (Å²) in [6, 6.07) is 23.1. The maximum absolute atomic E-state index is 5.84. The lowest BCUT2D eigenvalue weighted by Crippen LogP contribution is -1.96. The van der Waals surface area contributed by atoms with Crippen molar-refractivity contribution in [3.05, 3.63) is 85.0 Å². The molecule has 7 nitrogen and oxygen atoms in total. The molecule has 0 spiro atoms. The third-order valence-electron chi connectivity index (χ3n) is 4.50. The highest BCUT2D eigenvalue weighted by atomic mass is 16.5. The molecule has 0 atom stereocenters. The van der Waals surface area contributed by atoms with Crippen molar-refractivity contribution < 1.29 is 9.15 Å². The number of aryl methyl sites for hydroxylation is 1. The van der Waals surface area contributed by atoms with Crippen LogP contribution in [0.1, 0.15) is 5.89 Å². The third kappa shape index (κ3) is 3.68. The molecule has 0 saturated carbocycles. The monoisotopic (exact) mass is 395 g/mol. The summed E-state index contributed by atoms with van der Waals surface area (Å²) >= 11 is 0. The number of nitrogens with zero attached hydrogens (tertiary/aromatic N) is 4. The van der Waals surface area contributed by atoms with Crippen LogP contribution in [0.3, 0.4) is 0 Å². The lowest BCUT2D eigenvalue weighted by molar-refractivity contribution is 0.483. The lowest BCUT2D eigenvalue weighted by atomic mass is 10.1. The van der Waals surface area contributed by atoms with E-state index in [0.29, 0.717) is 17.6 Å². The molecule has 0 fully saturated rings. The molecule has 0 amide bonds. The maximum Gasteiger partial charge on any atom is 0.247 e. The number of rotatable bonds is 5. The van der Waals surface area contributed by atoms with Crippen LogP contribution in [0.5, 0.6) is 11.5 Å². The zero-order valence-electron chi connectivity index (χ0n) is 16.1. The fourth-order valence-electron chi connectivity index (χ4n) is 3.07. The van der Waals surface area contributed by atoms with Crippen LogP contribution >= 0.6 is 0 Å². The van der Waals surface area contributed by atoms with Crippen LogP contribution in [0.25, 0.3) is 22.4 Å². The van der Waals surface area contributed by atoms with Gasteiger partial charge in [-0.15, -0.1) is 10.2 Å². The predicted octanol–water partition coefficient (Wildman–Crippen LogP) is 5.52. The highest BCUT2D eigenvalue weighted by molar-refractivity contribution is 5.93. The number of aromatic nitrogens is 4. The molecular weight excluding hydrogens is 378 g/mol. The van der Waals surface area contributed by atoms with Gasteiger partial charge in [0, 0.05) is 23.6 Å². The predicted molar refractivity (Wildman–Crippen MR) is 114 cm³/mol. The molecule has 0 aliphatic rings. The van der Waals surface area contributed by atoms with Crippen LogP contribution in [0, 0.1) is 6.92 Å². The molecule has 0 aliphatic heterocycles. The van der Waals surface area contributed by atoms with Crippen LogP contribution in [0.15, 0.2) is 83.5 Å². The van der Waals surface area contributed by atoms with Crippen molar-refractivity contribution in [3.63, 3.8) is 0 Å². The van der Waals surface area contributed by atoms with Gasteiger partial charge in [-0.05, 0) is 54.6 Å². The number of benzene rings is 3. The Morgan fingerprint density at radius 3 is 2.40 bits per heavy atom. The second-order valence-electron chi connectivity index (χ2n) is 6.64. The molecule has 146 valence electrons. The third-order valence-corrected chi connectivity index (χ3v) is 4.50. The van der Waals surface area contributed by atoms with Crippen molar-refractivity contribution in [1.82, 2.24) is 20.2 Å². The maximum atomic E-state index is 5.84. The minimum Gasteiger partial charge on any atom is -0.457 e. The molecule has 2 heterocycles. The number of fused-ring (bicyclic) bond motifs is 1. The van der Waals surface area contributed by atoms with Crippen LogP contribution in [-0.2, 0) is 0 Å². The molecule has 1 N–H and O–H groups in total. The van der Waals surface area contributed by atoms with Crippen LogP contribution in [-0.4, -0.2) is 20.2 Å². The van der Waals surface area contributed by atoms with Crippen LogP contribution in [0.4, 0.5) is 11.5 Å². The quantitative estimate of drug-likeness (QED) is 0.419. The van der Waals surface area contributed by atoms with Gasteiger partial charge in [0.1, 0.15) is 23.6 Å². The number of para-hydroxylation sites is 1. The summed E-state index contributed by atoms with van der Waals surface area (Å²) in [5, 5.41) is 12.2. The number of hydrogen-bond acceptors (Lipinski definition) is 7. The molecule has 0 saturated heterocycles. The van der Waals surface area contributed by atoms with Gasteiger partial charge in [-0.2, -0.15) is 0 Å². The van der Waals surface area contributed by atoms with E-state index in [1.165, 1.54) is 6.33 Å². The summed E-state index contributed by atoms with van der Waals surface area (Å²) in [5.41, 5.74) is 2.51. The molecule has 0 bridgehead atoms. The van der Waals surface area contributed by atoms with Crippen molar-refractivity contribution in [2.24, 2.45) is 0 Å². The first kappa shape index (κ1) is 17.8. The second kappa shape index (κ2) is 7.63. The van der Waals surface area contributed by atoms with Gasteiger partial charge >= 0.3 is 0 Å². The summed E-state index contributed by atoms with van der Waals surface area (Å²) < 4.78 is 11.4. The van der Waals surface area contributed by atoms with Crippen molar-refractivity contribution >= 4 is 22.4 Å². The molecular formula is C23H17N5O2. The van der Waals surface area contributed by atoms with Crippen LogP contribution < -0.4 is 10.1 Å². The molecule has 7 heteroatoms. The molecule has 0 aliphatic carbocycles. The molecule has 5 aromatic rings. The minimum atomic E-state index is 0.464. The molecule has 0 radical (unpaired) electrons. The van der Waals surface area contributed by atoms with Crippen molar-refractivity contribution in [3.8, 4) is 23.0 Å². The summed E-state index contributed by atoms with van der Waals surface area (Å²) in [4.78, 5) is 8.76. The Morgan fingerprint density at radius 1 is 0.833 bits per heavy atom. The summed E-state index contributed by atoms with van der Waals surface area (Å²) in [5.74, 6) is 3.23. The van der Waals surface area contributed by atoms with Crippen molar-refractivity contribution in [2.45, 2.75) is 6.92 Å². The highest BCUT2D eigenvalue weighted by Crippen LogP contribution is 2.29. The van der Waals surface area contributed by atoms with Crippen LogP contribution in [0.2, 0.25) is 0 Å². The molecule has 5 rings (SSSR count). The van der Waals surface area contributed by atoms with Gasteiger partial charge in [0.15, 0.2) is 0 Å². The SMILES string of the molecule is Cc1nnc(-c2ccc3ncnc(Nc4ccc(Oc5ccccc5)cc4)c3c2)o1. The molecule has 3 aromatic carbocycles. The average molecular weight is 395 g/mol. The van der Waals surface area contributed by atoms with Gasteiger partial charge in [-0.25, -0.2) is 9.97 Å². The van der Waals surface area contributed by atoms with Crippen molar-refractivity contribution in [1.29, 1.82) is 0 Å². The number of ether oxygens (including phenoxy) is 1. The van der Waals surface area contributed by atoms with E-state index in [1.54, 1.807) is 6.92 Å². The summed E-state index contributed by atoms with van der Waals surface area (Å²) in [6.07, 6.45) is 1.54.